The largest absolute Gasteiger partial charge is 0.467 e. The van der Waals surface area contributed by atoms with E-state index in [9.17, 15) is 14.5 Å². The lowest BCUT2D eigenvalue weighted by Gasteiger charge is -2.18. The molecule has 1 unspecified atom stereocenters. The van der Waals surface area contributed by atoms with Crippen molar-refractivity contribution in [3.8, 4) is 0 Å². The summed E-state index contributed by atoms with van der Waals surface area (Å²) in [6, 6.07) is 8.30. The Hall–Kier alpha value is -1.43. The Morgan fingerprint density at radius 3 is 2.55 bits per heavy atom. The van der Waals surface area contributed by atoms with Gasteiger partial charge in [-0.3, -0.25) is 0 Å². The highest BCUT2D eigenvalue weighted by atomic mass is 32.4. The number of nitrogens with one attached hydrogen (secondary N) is 1. The molecular weight excluding hydrogens is 325 g/mol. The first-order chi connectivity index (χ1) is 10.3. The van der Waals surface area contributed by atoms with Gasteiger partial charge in [-0.15, -0.1) is 0 Å². The molecule has 6 nitrogen and oxygen atoms in total. The molecule has 1 rings (SSSR count). The van der Waals surface area contributed by atoms with Crippen molar-refractivity contribution in [3.05, 3.63) is 35.9 Å². The normalized spacial score (nSPS) is 14.5. The highest BCUT2D eigenvalue weighted by molar-refractivity contribution is 8.11. The molecule has 0 fully saturated rings. The topological polar surface area (TPSA) is 84.9 Å². The zero-order valence-electron chi connectivity index (χ0n) is 12.5. The van der Waals surface area contributed by atoms with E-state index in [1.165, 1.54) is 7.11 Å². The maximum absolute atomic E-state index is 11.8. The Labute approximate surface area is 134 Å². The molecule has 0 aliphatic rings. The van der Waals surface area contributed by atoms with E-state index in [0.29, 0.717) is 0 Å². The number of methoxy groups -OCH3 is 1. The Balaban J connectivity index is 2.51. The van der Waals surface area contributed by atoms with Crippen LogP contribution in [0.15, 0.2) is 30.3 Å². The first-order valence-electron chi connectivity index (χ1n) is 6.66. The fraction of sp³-hybridized carbons (Fsp3) is 0.429. The summed E-state index contributed by atoms with van der Waals surface area (Å²) in [6.45, 7) is 1.66. The van der Waals surface area contributed by atoms with Gasteiger partial charge in [0.2, 0.25) is 0 Å². The molecule has 0 aliphatic carbocycles. The van der Waals surface area contributed by atoms with Crippen LogP contribution in [0.4, 0.5) is 4.79 Å². The van der Waals surface area contributed by atoms with E-state index in [1.54, 1.807) is 6.66 Å². The van der Waals surface area contributed by atoms with Gasteiger partial charge in [0.05, 0.1) is 13.4 Å². The minimum atomic E-state index is -2.44. The van der Waals surface area contributed by atoms with Crippen LogP contribution in [-0.2, 0) is 32.7 Å². The van der Waals surface area contributed by atoms with Crippen molar-refractivity contribution in [1.29, 1.82) is 0 Å². The summed E-state index contributed by atoms with van der Waals surface area (Å²) in [5.74, 6) is -0.597. The Bertz CT molecular complexity index is 545. The standard InChI is InChI=1S/C14H20NO5PS/c1-19-13(16)12(8-9-21(2,18)22)15-14(17)20-10-11-6-4-3-5-7-11/h3-7,12H,8-10H2,1-2H3,(H,15,17)(H,18,22)/t12-,21?/m0/s1. The molecule has 1 amide bonds. The highest BCUT2D eigenvalue weighted by Crippen LogP contribution is 2.36. The van der Waals surface area contributed by atoms with E-state index < -0.39 is 24.4 Å². The zero-order chi connectivity index (χ0) is 16.6. The predicted octanol–water partition coefficient (Wildman–Crippen LogP) is 1.86. The highest BCUT2D eigenvalue weighted by Gasteiger charge is 2.23. The van der Waals surface area contributed by atoms with Crippen molar-refractivity contribution >= 4 is 30.1 Å². The number of rotatable bonds is 7. The van der Waals surface area contributed by atoms with E-state index in [1.807, 2.05) is 30.3 Å². The number of esters is 1. The van der Waals surface area contributed by atoms with E-state index >= 15 is 0 Å². The van der Waals surface area contributed by atoms with E-state index in [0.717, 1.165) is 5.56 Å². The van der Waals surface area contributed by atoms with E-state index in [-0.39, 0.29) is 19.2 Å². The molecule has 0 aliphatic heterocycles. The number of alkyl carbamates (subject to hydrolysis) is 1. The summed E-state index contributed by atoms with van der Waals surface area (Å²) in [5, 5.41) is 2.44. The molecule has 2 N–H and O–H groups in total. The minimum absolute atomic E-state index is 0.103. The van der Waals surface area contributed by atoms with Crippen molar-refractivity contribution in [2.24, 2.45) is 0 Å². The molecule has 0 heterocycles. The van der Waals surface area contributed by atoms with Gasteiger partial charge in [0.25, 0.3) is 0 Å². The second-order valence-electron chi connectivity index (χ2n) is 4.85. The monoisotopic (exact) mass is 345 g/mol. The summed E-state index contributed by atoms with van der Waals surface area (Å²) >= 11 is 4.93. The second kappa shape index (κ2) is 8.88. The van der Waals surface area contributed by atoms with Crippen LogP contribution in [-0.4, -0.2) is 42.9 Å². The fourth-order valence-electron chi connectivity index (χ4n) is 1.67. The van der Waals surface area contributed by atoms with Crippen LogP contribution in [0.2, 0.25) is 0 Å². The Kier molecular flexibility index (Phi) is 7.51. The number of ether oxygens (including phenoxy) is 2. The summed E-state index contributed by atoms with van der Waals surface area (Å²) in [7, 11) is 1.23. The molecule has 0 bridgehead atoms. The zero-order valence-corrected chi connectivity index (χ0v) is 14.2. The lowest BCUT2D eigenvalue weighted by atomic mass is 10.2. The van der Waals surface area contributed by atoms with Gasteiger partial charge in [-0.1, -0.05) is 42.1 Å². The molecule has 0 radical (unpaired) electrons. The van der Waals surface area contributed by atoms with Crippen molar-refractivity contribution in [2.45, 2.75) is 19.1 Å². The van der Waals surface area contributed by atoms with Gasteiger partial charge in [-0.2, -0.15) is 0 Å². The fourth-order valence-corrected chi connectivity index (χ4v) is 2.72. The third-order valence-corrected chi connectivity index (χ3v) is 4.46. The van der Waals surface area contributed by atoms with E-state index in [2.05, 4.69) is 10.1 Å². The third-order valence-electron chi connectivity index (χ3n) is 2.82. The Morgan fingerprint density at radius 1 is 1.36 bits per heavy atom. The van der Waals surface area contributed by atoms with Gasteiger partial charge in [0.15, 0.2) is 0 Å². The van der Waals surface area contributed by atoms with Crippen LogP contribution in [0.25, 0.3) is 0 Å². The van der Waals surface area contributed by atoms with Crippen LogP contribution >= 0.6 is 6.26 Å². The van der Waals surface area contributed by atoms with Gasteiger partial charge < -0.3 is 19.7 Å². The smallest absolute Gasteiger partial charge is 0.408 e. The first kappa shape index (κ1) is 18.6. The van der Waals surface area contributed by atoms with E-state index in [4.69, 9.17) is 16.5 Å². The van der Waals surface area contributed by atoms with Crippen LogP contribution in [0, 0.1) is 0 Å². The second-order valence-corrected chi connectivity index (χ2v) is 9.75. The van der Waals surface area contributed by atoms with Gasteiger partial charge in [-0.05, 0) is 18.6 Å². The Morgan fingerprint density at radius 2 is 2.00 bits per heavy atom. The molecule has 8 heteroatoms. The van der Waals surface area contributed by atoms with Gasteiger partial charge in [0, 0.05) is 6.16 Å². The lowest BCUT2D eigenvalue weighted by Crippen LogP contribution is -2.42. The number of benzene rings is 1. The summed E-state index contributed by atoms with van der Waals surface area (Å²) < 4.78 is 9.68. The summed E-state index contributed by atoms with van der Waals surface area (Å²) in [5.41, 5.74) is 0.840. The number of amides is 1. The average Bonchev–Trinajstić information content (AvgIpc) is 2.48. The average molecular weight is 345 g/mol. The van der Waals surface area contributed by atoms with Crippen LogP contribution in [0.3, 0.4) is 0 Å². The summed E-state index contributed by atoms with van der Waals surface area (Å²) in [4.78, 5) is 33.0. The van der Waals surface area contributed by atoms with Crippen molar-refractivity contribution < 1.29 is 24.0 Å². The van der Waals surface area contributed by atoms with Crippen LogP contribution in [0.5, 0.6) is 0 Å². The molecule has 1 aromatic rings. The first-order valence-corrected chi connectivity index (χ1v) is 10.0. The van der Waals surface area contributed by atoms with Crippen molar-refractivity contribution in [3.63, 3.8) is 0 Å². The molecular formula is C14H20NO5PS. The van der Waals surface area contributed by atoms with Crippen LogP contribution in [0.1, 0.15) is 12.0 Å². The maximum Gasteiger partial charge on any atom is 0.408 e. The molecule has 0 aromatic heterocycles. The number of carbonyl (C=O) groups excluding carboxylic acids is 2. The number of hydrogen-bond acceptors (Lipinski definition) is 5. The van der Waals surface area contributed by atoms with Crippen molar-refractivity contribution in [2.75, 3.05) is 19.9 Å². The maximum atomic E-state index is 11.8. The predicted molar refractivity (Wildman–Crippen MR) is 87.5 cm³/mol. The van der Waals surface area contributed by atoms with Crippen LogP contribution < -0.4 is 5.32 Å². The minimum Gasteiger partial charge on any atom is -0.467 e. The van der Waals surface area contributed by atoms with Gasteiger partial charge >= 0.3 is 12.1 Å². The number of hydrogen-bond donors (Lipinski definition) is 2. The molecule has 22 heavy (non-hydrogen) atoms. The lowest BCUT2D eigenvalue weighted by molar-refractivity contribution is -0.143. The van der Waals surface area contributed by atoms with Gasteiger partial charge in [-0.25, -0.2) is 9.59 Å². The summed E-state index contributed by atoms with van der Waals surface area (Å²) in [6.07, 6.45) is -2.69. The quantitative estimate of drug-likeness (QED) is 0.580. The number of carbonyl (C=O) groups is 2. The molecule has 1 aromatic carbocycles. The SMILES string of the molecule is COC(=O)[C@H](CCP(C)(O)=S)NC(=O)OCc1ccccc1. The van der Waals surface area contributed by atoms with Crippen molar-refractivity contribution in [1.82, 2.24) is 5.32 Å². The molecule has 122 valence electrons. The molecule has 0 saturated carbocycles. The van der Waals surface area contributed by atoms with Gasteiger partial charge in [0.1, 0.15) is 12.6 Å². The molecule has 0 saturated heterocycles. The molecule has 0 spiro atoms. The third kappa shape index (κ3) is 7.54. The molecule has 2 atom stereocenters.